The first-order valence-electron chi connectivity index (χ1n) is 1.99. The number of carbonyl (C=O) groups is 2. The van der Waals surface area contributed by atoms with Gasteiger partial charge in [0, 0.05) is 6.92 Å². The molecule has 0 aromatic heterocycles. The van der Waals surface area contributed by atoms with Crippen LogP contribution in [-0.2, 0) is 14.3 Å². The number of rotatable bonds is 1. The Kier molecular flexibility index (Phi) is 8.19. The van der Waals surface area contributed by atoms with E-state index >= 15 is 0 Å². The van der Waals surface area contributed by atoms with Gasteiger partial charge < -0.3 is 9.84 Å². The molecule has 5 heteroatoms. The maximum absolute atomic E-state index is 9.93. The number of esters is 2. The summed E-state index contributed by atoms with van der Waals surface area (Å²) in [6.45, 7) is 0.340. The van der Waals surface area contributed by atoms with Crippen LogP contribution in [0.2, 0.25) is 0 Å². The van der Waals surface area contributed by atoms with E-state index in [1.807, 2.05) is 0 Å². The Morgan fingerprint density at radius 2 is 2.00 bits per heavy atom. The molecule has 0 aromatic carbocycles. The molecule has 0 fully saturated rings. The van der Waals surface area contributed by atoms with Gasteiger partial charge in [-0.15, -0.1) is 0 Å². The predicted molar refractivity (Wildman–Crippen MR) is 31.0 cm³/mol. The molecular weight excluding hydrogens is 135 g/mol. The third-order valence-corrected chi connectivity index (χ3v) is 0.387. The van der Waals surface area contributed by atoms with E-state index in [0.717, 1.165) is 6.92 Å². The van der Waals surface area contributed by atoms with Crippen molar-refractivity contribution in [2.75, 3.05) is 6.61 Å². The van der Waals surface area contributed by atoms with E-state index in [0.29, 0.717) is 0 Å². The summed E-state index contributed by atoms with van der Waals surface area (Å²) in [5.41, 5.74) is 0. The molecule has 0 heterocycles. The van der Waals surface area contributed by atoms with E-state index in [4.69, 9.17) is 5.11 Å². The number of ether oxygens (including phenoxy) is 1. The fourth-order valence-corrected chi connectivity index (χ4v) is 0.193. The Hall–Kier alpha value is 0.1000. The van der Waals surface area contributed by atoms with Crippen molar-refractivity contribution in [1.29, 1.82) is 0 Å². The topological polar surface area (TPSA) is 63.6 Å². The first kappa shape index (κ1) is 11.8. The molecule has 9 heavy (non-hydrogen) atoms. The van der Waals surface area contributed by atoms with Gasteiger partial charge in [-0.25, -0.2) is 4.79 Å². The second-order valence-electron chi connectivity index (χ2n) is 1.12. The van der Waals surface area contributed by atoms with E-state index in [1.54, 1.807) is 0 Å². The summed E-state index contributed by atoms with van der Waals surface area (Å²) in [7, 11) is 0. The van der Waals surface area contributed by atoms with E-state index in [1.165, 1.54) is 0 Å². The number of aliphatic hydroxyl groups excluding tert-OH is 1. The molecule has 1 N–H and O–H groups in total. The first-order chi connectivity index (χ1) is 3.66. The van der Waals surface area contributed by atoms with Crippen LogP contribution < -0.4 is 0 Å². The third-order valence-electron chi connectivity index (χ3n) is 0.387. The zero-order chi connectivity index (χ0) is 6.57. The van der Waals surface area contributed by atoms with Crippen LogP contribution in [0, 0.1) is 0 Å². The van der Waals surface area contributed by atoms with Crippen LogP contribution in [-0.4, -0.2) is 53.2 Å². The summed E-state index contributed by atoms with van der Waals surface area (Å²) >= 11 is 0. The average Bonchev–Trinajstić information content (AvgIpc) is 1.65. The summed E-state index contributed by atoms with van der Waals surface area (Å²) in [5.74, 6) is -1.62. The molecule has 4 nitrogen and oxygen atoms in total. The Morgan fingerprint density at radius 1 is 1.56 bits per heavy atom. The van der Waals surface area contributed by atoms with Crippen LogP contribution in [0.4, 0.5) is 0 Å². The van der Waals surface area contributed by atoms with Gasteiger partial charge in [0.15, 0.2) is 0 Å². The summed E-state index contributed by atoms with van der Waals surface area (Å²) in [4.78, 5) is 19.8. The van der Waals surface area contributed by atoms with Crippen LogP contribution in [0.5, 0.6) is 0 Å². The van der Waals surface area contributed by atoms with Gasteiger partial charge >= 0.3 is 41.5 Å². The minimum atomic E-state index is -0.919. The quantitative estimate of drug-likeness (QED) is 0.272. The molecule has 0 atom stereocenters. The third kappa shape index (κ3) is 8.10. The molecule has 0 aliphatic heterocycles. The van der Waals surface area contributed by atoms with Crippen LogP contribution >= 0.6 is 0 Å². The number of carbonyl (C=O) groups excluding carboxylic acids is 2. The number of hydrogen-bond acceptors (Lipinski definition) is 4. The van der Waals surface area contributed by atoms with Crippen molar-refractivity contribution in [3.8, 4) is 0 Å². The molecule has 0 radical (unpaired) electrons. The fourth-order valence-electron chi connectivity index (χ4n) is 0.193. The van der Waals surface area contributed by atoms with Crippen molar-refractivity contribution >= 4 is 41.5 Å². The maximum atomic E-state index is 9.93. The van der Waals surface area contributed by atoms with Crippen molar-refractivity contribution in [1.82, 2.24) is 0 Å². The SMILES string of the molecule is CC(=O)OC(=O)CO.[NaH]. The molecule has 0 rings (SSSR count). The van der Waals surface area contributed by atoms with Crippen LogP contribution in [0.15, 0.2) is 0 Å². The van der Waals surface area contributed by atoms with E-state index < -0.39 is 18.5 Å². The second-order valence-corrected chi connectivity index (χ2v) is 1.12. The molecule has 0 amide bonds. The Bertz CT molecular complexity index is 111. The van der Waals surface area contributed by atoms with Gasteiger partial charge in [0.05, 0.1) is 0 Å². The van der Waals surface area contributed by atoms with Crippen LogP contribution in [0.3, 0.4) is 0 Å². The second kappa shape index (κ2) is 6.22. The molecule has 0 saturated carbocycles. The van der Waals surface area contributed by atoms with Crippen molar-refractivity contribution in [2.24, 2.45) is 0 Å². The van der Waals surface area contributed by atoms with Crippen LogP contribution in [0.25, 0.3) is 0 Å². The number of hydrogen-bond donors (Lipinski definition) is 1. The molecule has 0 aliphatic rings. The summed E-state index contributed by atoms with van der Waals surface area (Å²) in [5, 5.41) is 7.96. The zero-order valence-electron chi connectivity index (χ0n) is 4.38. The molecule has 0 bridgehead atoms. The molecular formula is C4H7NaO4. The summed E-state index contributed by atoms with van der Waals surface area (Å²) in [6.07, 6.45) is 0. The molecule has 0 saturated heterocycles. The van der Waals surface area contributed by atoms with E-state index in [9.17, 15) is 9.59 Å². The molecule has 0 spiro atoms. The van der Waals surface area contributed by atoms with Crippen molar-refractivity contribution in [3.63, 3.8) is 0 Å². The summed E-state index contributed by atoms with van der Waals surface area (Å²) in [6, 6.07) is 0. The van der Waals surface area contributed by atoms with Crippen molar-refractivity contribution in [2.45, 2.75) is 6.92 Å². The average molecular weight is 142 g/mol. The van der Waals surface area contributed by atoms with Gasteiger partial charge in [-0.05, 0) is 0 Å². The normalized spacial score (nSPS) is 7.33. The van der Waals surface area contributed by atoms with Gasteiger partial charge in [-0.3, -0.25) is 4.79 Å². The van der Waals surface area contributed by atoms with Crippen molar-refractivity contribution in [3.05, 3.63) is 0 Å². The van der Waals surface area contributed by atoms with Gasteiger partial charge in [0.2, 0.25) is 0 Å². The Labute approximate surface area is 74.5 Å². The molecule has 0 aromatic rings. The standard InChI is InChI=1S/C4H6O4.Na.H/c1-3(6)8-4(7)2-5;;/h5H,2H2,1H3;;. The van der Waals surface area contributed by atoms with Crippen LogP contribution in [0.1, 0.15) is 6.92 Å². The van der Waals surface area contributed by atoms with Gasteiger partial charge in [-0.1, -0.05) is 0 Å². The predicted octanol–water partition coefficient (Wildman–Crippen LogP) is -1.58. The van der Waals surface area contributed by atoms with Gasteiger partial charge in [0.25, 0.3) is 0 Å². The first-order valence-corrected chi connectivity index (χ1v) is 1.99. The minimum absolute atomic E-state index is 0. The Balaban J connectivity index is 0. The zero-order valence-corrected chi connectivity index (χ0v) is 4.38. The molecule has 48 valence electrons. The Morgan fingerprint density at radius 3 is 2.11 bits per heavy atom. The monoisotopic (exact) mass is 142 g/mol. The van der Waals surface area contributed by atoms with E-state index in [-0.39, 0.29) is 29.6 Å². The van der Waals surface area contributed by atoms with Crippen molar-refractivity contribution < 1.29 is 19.4 Å². The van der Waals surface area contributed by atoms with E-state index in [2.05, 4.69) is 4.74 Å². The molecule has 0 aliphatic carbocycles. The molecule has 0 unspecified atom stereocenters. The van der Waals surface area contributed by atoms with Gasteiger partial charge in [-0.2, -0.15) is 0 Å². The fraction of sp³-hybridized carbons (Fsp3) is 0.500. The summed E-state index contributed by atoms with van der Waals surface area (Å²) < 4.78 is 3.87. The van der Waals surface area contributed by atoms with Gasteiger partial charge in [0.1, 0.15) is 6.61 Å². The number of aliphatic hydroxyl groups is 1.